The number of nitrogens with one attached hydrogen (secondary N) is 1. The van der Waals surface area contributed by atoms with Crippen LogP contribution in [0.3, 0.4) is 0 Å². The number of benzene rings is 3. The van der Waals surface area contributed by atoms with Crippen LogP contribution in [0.1, 0.15) is 18.1 Å². The van der Waals surface area contributed by atoms with Gasteiger partial charge in [-0.15, -0.1) is 0 Å². The number of ether oxygens (including phenoxy) is 2. The lowest BCUT2D eigenvalue weighted by Crippen LogP contribution is -2.33. The normalized spacial score (nSPS) is 12.0. The number of hydrazone groups is 1. The molecule has 0 aromatic heterocycles. The Balaban J connectivity index is 1.47. The molecule has 1 N–H and O–H groups in total. The minimum Gasteiger partial charge on any atom is -0.479 e. The number of rotatable bonds is 8. The lowest BCUT2D eigenvalue weighted by atomic mass is 10.2. The number of carbonyl (C=O) groups excluding carboxylic acids is 2. The fraction of sp³-hybridized carbons (Fsp3) is 0.0800. The Morgan fingerprint density at radius 1 is 0.970 bits per heavy atom. The first-order chi connectivity index (χ1) is 15.9. The minimum absolute atomic E-state index is 0.307. The average Bonchev–Trinajstić information content (AvgIpc) is 2.81. The number of carbonyl (C=O) groups is 2. The zero-order valence-electron chi connectivity index (χ0n) is 17.6. The van der Waals surface area contributed by atoms with Gasteiger partial charge in [-0.1, -0.05) is 53.5 Å². The maximum Gasteiger partial charge on any atom is 0.336 e. The molecule has 0 bridgehead atoms. The first-order valence-electron chi connectivity index (χ1n) is 9.90. The third kappa shape index (κ3) is 7.79. The van der Waals surface area contributed by atoms with Crippen molar-refractivity contribution in [2.45, 2.75) is 13.0 Å². The first kappa shape index (κ1) is 24.0. The lowest BCUT2D eigenvalue weighted by Gasteiger charge is -2.14. The molecule has 0 spiro atoms. The highest BCUT2D eigenvalue weighted by molar-refractivity contribution is 6.35. The molecular formula is C25H20Cl2N2O4. The highest BCUT2D eigenvalue weighted by atomic mass is 35.5. The summed E-state index contributed by atoms with van der Waals surface area (Å²) in [4.78, 5) is 24.1. The molecule has 1 atom stereocenters. The van der Waals surface area contributed by atoms with E-state index < -0.39 is 18.0 Å². The number of nitrogens with zero attached hydrogens (tertiary/aromatic N) is 1. The van der Waals surface area contributed by atoms with E-state index in [2.05, 4.69) is 10.5 Å². The van der Waals surface area contributed by atoms with Crippen LogP contribution in [-0.4, -0.2) is 24.2 Å². The third-order valence-corrected chi connectivity index (χ3v) is 4.80. The lowest BCUT2D eigenvalue weighted by molar-refractivity contribution is -0.129. The van der Waals surface area contributed by atoms with Gasteiger partial charge in [0.05, 0.1) is 11.2 Å². The Morgan fingerprint density at radius 2 is 1.70 bits per heavy atom. The van der Waals surface area contributed by atoms with E-state index in [1.165, 1.54) is 18.4 Å². The largest absolute Gasteiger partial charge is 0.479 e. The van der Waals surface area contributed by atoms with Gasteiger partial charge in [0, 0.05) is 11.1 Å². The van der Waals surface area contributed by atoms with E-state index in [9.17, 15) is 9.59 Å². The monoisotopic (exact) mass is 482 g/mol. The van der Waals surface area contributed by atoms with Gasteiger partial charge in [0.1, 0.15) is 11.5 Å². The number of esters is 1. The molecule has 1 amide bonds. The standard InChI is InChI=1S/C25H20Cl2N2O4/c1-17(32-23-13-10-20(26)15-22(23)27)25(31)29-28-16-19-7-11-21(12-8-19)33-24(30)14-9-18-5-3-2-4-6-18/h2-17H,1H3,(H,29,31)/b14-9+,28-16-/t17-/m1/s1. The second kappa shape index (κ2) is 11.9. The second-order valence-electron chi connectivity index (χ2n) is 6.80. The fourth-order valence-corrected chi connectivity index (χ4v) is 3.03. The molecule has 6 nitrogen and oxygen atoms in total. The summed E-state index contributed by atoms with van der Waals surface area (Å²) in [7, 11) is 0. The quantitative estimate of drug-likeness (QED) is 0.150. The molecule has 0 aliphatic heterocycles. The van der Waals surface area contributed by atoms with Crippen LogP contribution >= 0.6 is 23.2 Å². The number of hydrogen-bond donors (Lipinski definition) is 1. The Bertz CT molecular complexity index is 1160. The van der Waals surface area contributed by atoms with Crippen molar-refractivity contribution in [3.05, 3.63) is 100 Å². The number of amides is 1. The van der Waals surface area contributed by atoms with Crippen molar-refractivity contribution in [2.75, 3.05) is 0 Å². The molecule has 0 aliphatic rings. The average molecular weight is 483 g/mol. The van der Waals surface area contributed by atoms with E-state index in [4.69, 9.17) is 32.7 Å². The summed E-state index contributed by atoms with van der Waals surface area (Å²) in [6.45, 7) is 1.57. The number of hydrogen-bond acceptors (Lipinski definition) is 5. The van der Waals surface area contributed by atoms with Gasteiger partial charge < -0.3 is 9.47 Å². The van der Waals surface area contributed by atoms with Gasteiger partial charge in [-0.2, -0.15) is 5.10 Å². The zero-order valence-corrected chi connectivity index (χ0v) is 19.1. The molecule has 3 aromatic rings. The molecule has 33 heavy (non-hydrogen) atoms. The van der Waals surface area contributed by atoms with E-state index in [1.807, 2.05) is 30.3 Å². The predicted molar refractivity (Wildman–Crippen MR) is 130 cm³/mol. The van der Waals surface area contributed by atoms with E-state index >= 15 is 0 Å². The SMILES string of the molecule is C[C@@H](Oc1ccc(Cl)cc1Cl)C(=O)N/N=C\c1ccc(OC(=O)/C=C/c2ccccc2)cc1. The van der Waals surface area contributed by atoms with Crippen LogP contribution in [-0.2, 0) is 9.59 Å². The van der Waals surface area contributed by atoms with Crippen molar-refractivity contribution < 1.29 is 19.1 Å². The Kier molecular flexibility index (Phi) is 8.63. The van der Waals surface area contributed by atoms with Gasteiger partial charge in [-0.05, 0) is 66.6 Å². The molecule has 8 heteroatoms. The molecule has 3 rings (SSSR count). The van der Waals surface area contributed by atoms with Gasteiger partial charge in [0.2, 0.25) is 0 Å². The highest BCUT2D eigenvalue weighted by Gasteiger charge is 2.15. The predicted octanol–water partition coefficient (Wildman–Crippen LogP) is 5.53. The zero-order chi connectivity index (χ0) is 23.6. The first-order valence-corrected chi connectivity index (χ1v) is 10.7. The van der Waals surface area contributed by atoms with Crippen molar-refractivity contribution in [3.8, 4) is 11.5 Å². The van der Waals surface area contributed by atoms with E-state index in [0.717, 1.165) is 5.56 Å². The highest BCUT2D eigenvalue weighted by Crippen LogP contribution is 2.28. The van der Waals surface area contributed by atoms with Crippen LogP contribution in [0.4, 0.5) is 0 Å². The van der Waals surface area contributed by atoms with Gasteiger partial charge in [0.25, 0.3) is 5.91 Å². The van der Waals surface area contributed by atoms with Crippen LogP contribution in [0.25, 0.3) is 6.08 Å². The number of halogens is 2. The second-order valence-corrected chi connectivity index (χ2v) is 7.65. The third-order valence-electron chi connectivity index (χ3n) is 4.27. The topological polar surface area (TPSA) is 77.0 Å². The summed E-state index contributed by atoms with van der Waals surface area (Å²) in [6.07, 6.45) is 3.67. The smallest absolute Gasteiger partial charge is 0.336 e. The van der Waals surface area contributed by atoms with Gasteiger partial charge >= 0.3 is 5.97 Å². The van der Waals surface area contributed by atoms with Gasteiger partial charge in [-0.25, -0.2) is 10.2 Å². The molecule has 168 valence electrons. The Hall–Kier alpha value is -3.61. The fourth-order valence-electron chi connectivity index (χ4n) is 2.58. The summed E-state index contributed by atoms with van der Waals surface area (Å²) in [5.74, 6) is -0.201. The molecule has 0 saturated carbocycles. The molecule has 0 fully saturated rings. The van der Waals surface area contributed by atoms with E-state index in [0.29, 0.717) is 27.1 Å². The molecule has 0 aliphatic carbocycles. The molecule has 0 heterocycles. The van der Waals surface area contributed by atoms with Crippen LogP contribution in [0, 0.1) is 0 Å². The van der Waals surface area contributed by atoms with Crippen molar-refractivity contribution in [1.29, 1.82) is 0 Å². The Labute approximate surface area is 201 Å². The van der Waals surface area contributed by atoms with Gasteiger partial charge in [0.15, 0.2) is 6.10 Å². The molecule has 0 unspecified atom stereocenters. The van der Waals surface area contributed by atoms with Crippen LogP contribution in [0.15, 0.2) is 84.0 Å². The van der Waals surface area contributed by atoms with Crippen molar-refractivity contribution in [2.24, 2.45) is 5.10 Å². The maximum absolute atomic E-state index is 12.2. The van der Waals surface area contributed by atoms with Crippen molar-refractivity contribution in [3.63, 3.8) is 0 Å². The summed E-state index contributed by atoms with van der Waals surface area (Å²) < 4.78 is 10.8. The van der Waals surface area contributed by atoms with Crippen LogP contribution in [0.5, 0.6) is 11.5 Å². The summed E-state index contributed by atoms with van der Waals surface area (Å²) in [6, 6.07) is 20.8. The van der Waals surface area contributed by atoms with Crippen LogP contribution in [0.2, 0.25) is 10.0 Å². The van der Waals surface area contributed by atoms with Crippen LogP contribution < -0.4 is 14.9 Å². The molecule has 0 saturated heterocycles. The summed E-state index contributed by atoms with van der Waals surface area (Å²) in [5, 5.41) is 4.70. The molecule has 0 radical (unpaired) electrons. The van der Waals surface area contributed by atoms with Crippen molar-refractivity contribution >= 4 is 47.4 Å². The van der Waals surface area contributed by atoms with E-state index in [1.54, 1.807) is 49.4 Å². The summed E-state index contributed by atoms with van der Waals surface area (Å²) >= 11 is 11.9. The van der Waals surface area contributed by atoms with Crippen molar-refractivity contribution in [1.82, 2.24) is 5.43 Å². The maximum atomic E-state index is 12.2. The minimum atomic E-state index is -0.827. The molecular weight excluding hydrogens is 463 g/mol. The molecule has 3 aromatic carbocycles. The summed E-state index contributed by atoms with van der Waals surface area (Å²) in [5.41, 5.74) is 4.00. The van der Waals surface area contributed by atoms with Gasteiger partial charge in [-0.3, -0.25) is 4.79 Å². The van der Waals surface area contributed by atoms with E-state index in [-0.39, 0.29) is 0 Å². The Morgan fingerprint density at radius 3 is 2.39 bits per heavy atom.